The Kier molecular flexibility index (Phi) is 14.8. The second-order valence-corrected chi connectivity index (χ2v) is 23.7. The molecule has 0 unspecified atom stereocenters. The monoisotopic (exact) mass is 814 g/mol. The fraction of sp³-hybridized carbons (Fsp3) is 1.00. The minimum atomic E-state index is -6.72. The molecule has 0 spiro atoms. The van der Waals surface area contributed by atoms with Crippen molar-refractivity contribution in [2.45, 2.75) is 34.2 Å². The quantitative estimate of drug-likeness (QED) is 0.0610. The summed E-state index contributed by atoms with van der Waals surface area (Å²) in [5, 5.41) is 0. The Hall–Kier alpha value is 1.04. The van der Waals surface area contributed by atoms with Crippen LogP contribution in [0.15, 0.2) is 0 Å². The van der Waals surface area contributed by atoms with Gasteiger partial charge in [-0.2, -0.15) is 0 Å². The molecule has 0 aliphatic carbocycles. The van der Waals surface area contributed by atoms with Crippen LogP contribution in [0.25, 0.3) is 0 Å². The Morgan fingerprint density at radius 1 is 0.432 bits per heavy atom. The van der Waals surface area contributed by atoms with Crippen molar-refractivity contribution in [3.63, 3.8) is 0 Å². The zero-order valence-electron chi connectivity index (χ0n) is 20.9. The smallest absolute Gasteiger partial charge is 0.329 e. The van der Waals surface area contributed by atoms with Crippen molar-refractivity contribution < 1.29 is 115 Å². The van der Waals surface area contributed by atoms with Crippen molar-refractivity contribution in [3.05, 3.63) is 0 Å². The molecule has 0 saturated carbocycles. The number of hydrogen-bond donors (Lipinski definition) is 18. The molecule has 0 rings (SSSR count). The van der Waals surface area contributed by atoms with Gasteiger partial charge in [0.2, 0.25) is 22.1 Å². The molecule has 266 valence electrons. The minimum absolute atomic E-state index is 1.14. The van der Waals surface area contributed by atoms with Gasteiger partial charge < -0.3 is 89.8 Å². The molecule has 36 heteroatoms. The maximum Gasteiger partial charge on any atom is 0.355 e. The average Bonchev–Trinajstić information content (AvgIpc) is 2.61. The van der Waals surface area contributed by atoms with E-state index in [1.54, 1.807) is 0 Å². The number of rotatable bonds is 17. The van der Waals surface area contributed by atoms with Crippen molar-refractivity contribution >= 4 is 60.8 Å². The molecular weight excluding hydrogens is 784 g/mol. The van der Waals surface area contributed by atoms with E-state index in [4.69, 9.17) is 11.5 Å². The average molecular weight is 814 g/mol. The summed E-state index contributed by atoms with van der Waals surface area (Å²) in [5.74, 6) is 0. The van der Waals surface area contributed by atoms with Gasteiger partial charge in [-0.25, -0.2) is 4.90 Å². The molecule has 0 aromatic carbocycles. The van der Waals surface area contributed by atoms with Crippen molar-refractivity contribution in [1.82, 2.24) is 9.80 Å². The van der Waals surface area contributed by atoms with Crippen LogP contribution in [0.3, 0.4) is 0 Å². The van der Waals surface area contributed by atoms with Gasteiger partial charge in [0.25, 0.3) is 0 Å². The molecular formula is C8H30N4O24P8. The second-order valence-electron chi connectivity index (χ2n) is 8.71. The van der Waals surface area contributed by atoms with E-state index in [0.29, 0.717) is 0 Å². The van der Waals surface area contributed by atoms with Gasteiger partial charge in [-0.15, -0.1) is 0 Å². The van der Waals surface area contributed by atoms with E-state index >= 15 is 0 Å². The molecule has 44 heavy (non-hydrogen) atoms. The predicted molar refractivity (Wildman–Crippen MR) is 141 cm³/mol. The molecule has 0 aromatic rings. The van der Waals surface area contributed by atoms with Gasteiger partial charge in [-0.1, -0.05) is 0 Å². The van der Waals surface area contributed by atoms with Crippen LogP contribution in [0.1, 0.15) is 0 Å². The van der Waals surface area contributed by atoms with Gasteiger partial charge in [0.1, 0.15) is 0 Å². The first-order valence-electron chi connectivity index (χ1n) is 10.2. The highest BCUT2D eigenvalue weighted by Crippen LogP contribution is 2.71. The van der Waals surface area contributed by atoms with E-state index in [2.05, 4.69) is 0 Å². The molecule has 0 amide bonds. The number of nitrogens with zero attached hydrogens (tertiary/aromatic N) is 2. The molecule has 0 aliphatic heterocycles. The highest BCUT2D eigenvalue weighted by atomic mass is 31.3. The summed E-state index contributed by atoms with van der Waals surface area (Å²) in [6.07, 6.45) is 0. The van der Waals surface area contributed by atoms with E-state index in [9.17, 15) is 115 Å². The molecule has 0 aliphatic rings. The van der Waals surface area contributed by atoms with E-state index in [1.165, 1.54) is 0 Å². The summed E-state index contributed by atoms with van der Waals surface area (Å²) >= 11 is 0. The molecule has 0 heterocycles. The Labute approximate surface area is 244 Å². The molecule has 0 fully saturated rings. The molecule has 0 saturated heterocycles. The fourth-order valence-electron chi connectivity index (χ4n) is 3.84. The number of hydrogen-bond acceptors (Lipinski definition) is 12. The van der Waals surface area contributed by atoms with Crippen molar-refractivity contribution in [2.75, 3.05) is 13.1 Å². The minimum Gasteiger partial charge on any atom is -0.329 e. The summed E-state index contributed by atoms with van der Waals surface area (Å²) in [4.78, 5) is 153. The highest BCUT2D eigenvalue weighted by molar-refractivity contribution is 7.73. The number of nitrogens with two attached hydrogens (primary N) is 2. The maximum absolute atomic E-state index is 12.3. The first kappa shape index (κ1) is 45.0. The third kappa shape index (κ3) is 12.2. The third-order valence-corrected chi connectivity index (χ3v) is 19.4. The topological polar surface area (TPSA) is 519 Å². The lowest BCUT2D eigenvalue weighted by atomic mass is 10.1. The van der Waals surface area contributed by atoms with Crippen LogP contribution in [0.2, 0.25) is 0 Å². The van der Waals surface area contributed by atoms with Crippen molar-refractivity contribution in [2.24, 2.45) is 11.5 Å². The Morgan fingerprint density at radius 3 is 0.795 bits per heavy atom. The zero-order chi connectivity index (χ0) is 36.0. The van der Waals surface area contributed by atoms with Crippen LogP contribution >= 0.6 is 60.8 Å². The largest absolute Gasteiger partial charge is 0.355 e. The Balaban J connectivity index is 8.60. The van der Waals surface area contributed by atoms with Crippen LogP contribution in [0.5, 0.6) is 0 Å². The van der Waals surface area contributed by atoms with E-state index in [1.807, 2.05) is 0 Å². The van der Waals surface area contributed by atoms with E-state index in [-0.39, 0.29) is 0 Å². The lowest BCUT2D eigenvalue weighted by molar-refractivity contribution is 0.0928. The normalized spacial score (nSPS) is 17.0. The summed E-state index contributed by atoms with van der Waals surface area (Å²) in [7, 11) is -53.6. The first-order valence-corrected chi connectivity index (χ1v) is 23.7. The third-order valence-electron chi connectivity index (χ3n) is 5.08. The standard InChI is InChI=1S/C8H30N4O24P8/c9-1-3(10)4(12(7(41(25,26)27)42(28,29)30)8(43(31,32)33)44(34,35)36)2-11(5(37(13,14)15)38(16,17)18)6(39(19,20)21)40(22,23)24/h3-8H,1-2,9-10H2,(H2,13,14,15)(H2,16,17,18)(H2,19,20,21)(H2,22,23,24)(H2,25,26,27)(H2,28,29,30)(H2,31,32,33)(H2,34,35,36)/t3-,4-/m0/s1. The van der Waals surface area contributed by atoms with Gasteiger partial charge in [0.15, 0.2) is 0 Å². The van der Waals surface area contributed by atoms with Crippen molar-refractivity contribution in [1.29, 1.82) is 0 Å². The fourth-order valence-corrected chi connectivity index (χ4v) is 16.0. The predicted octanol–water partition coefficient (Wildman–Crippen LogP) is -5.20. The van der Waals surface area contributed by atoms with Crippen LogP contribution in [0.4, 0.5) is 0 Å². The lowest BCUT2D eigenvalue weighted by Crippen LogP contribution is -2.63. The molecule has 0 aromatic heterocycles. The molecule has 0 radical (unpaired) electrons. The molecule has 28 nitrogen and oxygen atoms in total. The van der Waals surface area contributed by atoms with Crippen LogP contribution < -0.4 is 11.5 Å². The van der Waals surface area contributed by atoms with E-state index < -0.39 is 118 Å². The van der Waals surface area contributed by atoms with Gasteiger partial charge >= 0.3 is 60.8 Å². The van der Waals surface area contributed by atoms with Crippen LogP contribution in [-0.2, 0) is 36.5 Å². The SMILES string of the molecule is NC[C@H](N)[C@H](CN(C(P(=O)(O)O)P(=O)(O)O)C(P(=O)(O)O)P(=O)(O)O)N(C(P(=O)(O)O)P(=O)(O)O)C(P(=O)(O)O)P(=O)(O)O. The maximum atomic E-state index is 12.3. The molecule has 0 bridgehead atoms. The highest BCUT2D eigenvalue weighted by Gasteiger charge is 2.64. The summed E-state index contributed by atoms with van der Waals surface area (Å²) in [6, 6.07) is -5.83. The summed E-state index contributed by atoms with van der Waals surface area (Å²) in [5.41, 5.74) is -5.70. The van der Waals surface area contributed by atoms with Gasteiger partial charge in [-0.3, -0.25) is 41.4 Å². The van der Waals surface area contributed by atoms with Gasteiger partial charge in [-0.05, 0) is 0 Å². The molecule has 20 N–H and O–H groups in total. The summed E-state index contributed by atoms with van der Waals surface area (Å²) in [6.45, 7) is -3.79. The Morgan fingerprint density at radius 2 is 0.636 bits per heavy atom. The van der Waals surface area contributed by atoms with Gasteiger partial charge in [0, 0.05) is 25.2 Å². The van der Waals surface area contributed by atoms with Crippen molar-refractivity contribution in [3.8, 4) is 0 Å². The zero-order valence-corrected chi connectivity index (χ0v) is 28.1. The van der Waals surface area contributed by atoms with E-state index in [0.717, 1.165) is 0 Å². The first-order chi connectivity index (χ1) is 18.8. The Bertz CT molecular complexity index is 1220. The summed E-state index contributed by atoms with van der Waals surface area (Å²) < 4.78 is 97.7. The van der Waals surface area contributed by atoms with Crippen LogP contribution in [-0.4, -0.2) is 135 Å². The second kappa shape index (κ2) is 14.5. The van der Waals surface area contributed by atoms with Gasteiger partial charge in [0.05, 0.1) is 0 Å². The lowest BCUT2D eigenvalue weighted by Gasteiger charge is -2.47. The molecule has 2 atom stereocenters. The van der Waals surface area contributed by atoms with Crippen LogP contribution in [0, 0.1) is 0 Å².